The van der Waals surface area contributed by atoms with E-state index in [-0.39, 0.29) is 51.3 Å². The summed E-state index contributed by atoms with van der Waals surface area (Å²) in [5, 5.41) is 29.9. The summed E-state index contributed by atoms with van der Waals surface area (Å²) >= 11 is 0. The number of phenolic OH excluding ortho intramolecular Hbond substituents is 1. The number of hydrogen-bond donors (Lipinski definition) is 3. The highest BCUT2D eigenvalue weighted by Crippen LogP contribution is 2.43. The first-order chi connectivity index (χ1) is 11.5. The summed E-state index contributed by atoms with van der Waals surface area (Å²) in [6.07, 6.45) is 0. The Bertz CT molecular complexity index is 972. The van der Waals surface area contributed by atoms with Gasteiger partial charge in [0.25, 0.3) is 0 Å². The number of hydrogen-bond acceptors (Lipinski definition) is 7. The fraction of sp³-hybridized carbons (Fsp3) is 0.118. The molecule has 0 fully saturated rings. The summed E-state index contributed by atoms with van der Waals surface area (Å²) in [4.78, 5) is 37.5. The van der Waals surface area contributed by atoms with E-state index in [1.807, 2.05) is 0 Å². The van der Waals surface area contributed by atoms with Gasteiger partial charge in [-0.2, -0.15) is 0 Å². The topological polar surface area (TPSA) is 121 Å². The van der Waals surface area contributed by atoms with Crippen molar-refractivity contribution in [2.75, 3.05) is 0 Å². The van der Waals surface area contributed by atoms with Crippen molar-refractivity contribution in [2.45, 2.75) is 13.2 Å². The predicted octanol–water partition coefficient (Wildman–Crippen LogP) is 1.04. The Morgan fingerprint density at radius 2 is 1.71 bits per heavy atom. The predicted molar refractivity (Wildman–Crippen MR) is 78.1 cm³/mol. The number of aromatic hydroxyl groups is 2. The highest BCUT2D eigenvalue weighted by Gasteiger charge is 2.42. The number of phenols is 2. The van der Waals surface area contributed by atoms with Crippen molar-refractivity contribution in [2.24, 2.45) is 0 Å². The molecule has 0 aromatic heterocycles. The molecule has 1 aliphatic heterocycles. The van der Waals surface area contributed by atoms with Crippen LogP contribution in [0.4, 0.5) is 0 Å². The fourth-order valence-corrected chi connectivity index (χ4v) is 3.30. The monoisotopic (exact) mass is 326 g/mol. The standard InChI is InChI=1S/C17H10O7/c18-4-7-10-8(5-24-17(10)23)12-13(15(7)21)14(20)6-2-1-3-9(19)11(6)16(12)22/h1-3,18-19,21H,4-5H2. The minimum atomic E-state index is -0.782. The molecule has 120 valence electrons. The molecule has 0 saturated heterocycles. The molecule has 1 aliphatic carbocycles. The SMILES string of the molecule is O=C1OCc2c1c(CO)c(O)c1c2C(=O)c2c(O)cccc2C1=O. The maximum absolute atomic E-state index is 12.8. The molecule has 0 atom stereocenters. The summed E-state index contributed by atoms with van der Waals surface area (Å²) in [5.74, 6) is -3.09. The number of esters is 1. The molecule has 2 aliphatic rings. The summed E-state index contributed by atoms with van der Waals surface area (Å²) in [6, 6.07) is 4.05. The summed E-state index contributed by atoms with van der Waals surface area (Å²) in [7, 11) is 0. The van der Waals surface area contributed by atoms with E-state index in [1.165, 1.54) is 18.2 Å². The van der Waals surface area contributed by atoms with Gasteiger partial charge < -0.3 is 20.1 Å². The minimum Gasteiger partial charge on any atom is -0.507 e. The number of carbonyl (C=O) groups excluding carboxylic acids is 3. The number of benzene rings is 2. The van der Waals surface area contributed by atoms with Gasteiger partial charge in [-0.25, -0.2) is 4.79 Å². The van der Waals surface area contributed by atoms with Crippen LogP contribution in [-0.2, 0) is 18.0 Å². The smallest absolute Gasteiger partial charge is 0.339 e. The molecular formula is C17H10O7. The maximum atomic E-state index is 12.8. The van der Waals surface area contributed by atoms with Crippen molar-refractivity contribution in [3.63, 3.8) is 0 Å². The molecular weight excluding hydrogens is 316 g/mol. The lowest BCUT2D eigenvalue weighted by atomic mass is 9.78. The molecule has 0 spiro atoms. The van der Waals surface area contributed by atoms with Crippen LogP contribution in [0.15, 0.2) is 18.2 Å². The molecule has 7 heteroatoms. The largest absolute Gasteiger partial charge is 0.507 e. The van der Waals surface area contributed by atoms with E-state index >= 15 is 0 Å². The number of aliphatic hydroxyl groups is 1. The molecule has 0 radical (unpaired) electrons. The molecule has 0 bridgehead atoms. The molecule has 24 heavy (non-hydrogen) atoms. The first-order valence-electron chi connectivity index (χ1n) is 7.07. The average molecular weight is 326 g/mol. The Balaban J connectivity index is 2.15. The van der Waals surface area contributed by atoms with E-state index in [2.05, 4.69) is 0 Å². The lowest BCUT2D eigenvalue weighted by Crippen LogP contribution is -2.24. The number of aliphatic hydroxyl groups excluding tert-OH is 1. The Labute approximate surface area is 134 Å². The number of fused-ring (bicyclic) bond motifs is 4. The average Bonchev–Trinajstić information content (AvgIpc) is 2.93. The molecule has 0 unspecified atom stereocenters. The first-order valence-corrected chi connectivity index (χ1v) is 7.07. The third-order valence-corrected chi connectivity index (χ3v) is 4.36. The van der Waals surface area contributed by atoms with Gasteiger partial charge in [0, 0.05) is 22.3 Å². The quantitative estimate of drug-likeness (QED) is 0.571. The first kappa shape index (κ1) is 14.4. The van der Waals surface area contributed by atoms with Crippen LogP contribution in [0.5, 0.6) is 11.5 Å². The number of carbonyl (C=O) groups is 3. The van der Waals surface area contributed by atoms with E-state index in [1.54, 1.807) is 0 Å². The van der Waals surface area contributed by atoms with Gasteiger partial charge in [-0.15, -0.1) is 0 Å². The zero-order chi connectivity index (χ0) is 17.2. The van der Waals surface area contributed by atoms with E-state index in [9.17, 15) is 29.7 Å². The minimum absolute atomic E-state index is 0.0446. The highest BCUT2D eigenvalue weighted by atomic mass is 16.5. The van der Waals surface area contributed by atoms with Crippen molar-refractivity contribution in [3.8, 4) is 11.5 Å². The van der Waals surface area contributed by atoms with E-state index < -0.39 is 29.9 Å². The van der Waals surface area contributed by atoms with Gasteiger partial charge >= 0.3 is 5.97 Å². The third kappa shape index (κ3) is 1.56. The zero-order valence-corrected chi connectivity index (χ0v) is 12.1. The van der Waals surface area contributed by atoms with E-state index in [0.29, 0.717) is 0 Å². The second-order valence-corrected chi connectivity index (χ2v) is 5.52. The number of cyclic esters (lactones) is 1. The van der Waals surface area contributed by atoms with Gasteiger partial charge in [0.05, 0.1) is 23.3 Å². The molecule has 4 rings (SSSR count). The van der Waals surface area contributed by atoms with Crippen LogP contribution in [0.3, 0.4) is 0 Å². The Morgan fingerprint density at radius 1 is 0.958 bits per heavy atom. The van der Waals surface area contributed by atoms with Crippen molar-refractivity contribution in [1.82, 2.24) is 0 Å². The van der Waals surface area contributed by atoms with Crippen molar-refractivity contribution in [1.29, 1.82) is 0 Å². The van der Waals surface area contributed by atoms with E-state index in [4.69, 9.17) is 4.74 Å². The summed E-state index contributed by atoms with van der Waals surface area (Å²) in [5.41, 5.74) is -0.762. The molecule has 2 aromatic carbocycles. The third-order valence-electron chi connectivity index (χ3n) is 4.36. The van der Waals surface area contributed by atoms with Gasteiger partial charge in [-0.05, 0) is 6.07 Å². The van der Waals surface area contributed by atoms with Crippen LogP contribution in [0.2, 0.25) is 0 Å². The van der Waals surface area contributed by atoms with Crippen LogP contribution in [0, 0.1) is 0 Å². The van der Waals surface area contributed by atoms with Crippen molar-refractivity contribution >= 4 is 17.5 Å². The van der Waals surface area contributed by atoms with Gasteiger partial charge in [0.2, 0.25) is 0 Å². The molecule has 0 amide bonds. The fourth-order valence-electron chi connectivity index (χ4n) is 3.30. The van der Waals surface area contributed by atoms with Crippen LogP contribution < -0.4 is 0 Å². The Hall–Kier alpha value is -3.19. The normalized spacial score (nSPS) is 15.0. The second kappa shape index (κ2) is 4.65. The molecule has 1 heterocycles. The van der Waals surface area contributed by atoms with Crippen molar-refractivity contribution < 1.29 is 34.4 Å². The highest BCUT2D eigenvalue weighted by molar-refractivity contribution is 6.31. The lowest BCUT2D eigenvalue weighted by molar-refractivity contribution is 0.0531. The maximum Gasteiger partial charge on any atom is 0.339 e. The van der Waals surface area contributed by atoms with E-state index in [0.717, 1.165) is 0 Å². The molecule has 3 N–H and O–H groups in total. The molecule has 7 nitrogen and oxygen atoms in total. The number of ether oxygens (including phenoxy) is 1. The van der Waals surface area contributed by atoms with Crippen LogP contribution in [-0.4, -0.2) is 32.9 Å². The number of ketones is 2. The van der Waals surface area contributed by atoms with Crippen LogP contribution >= 0.6 is 0 Å². The summed E-state index contributed by atoms with van der Waals surface area (Å²) in [6.45, 7) is -0.934. The van der Waals surface area contributed by atoms with Gasteiger partial charge in [-0.1, -0.05) is 12.1 Å². The second-order valence-electron chi connectivity index (χ2n) is 5.52. The molecule has 0 saturated carbocycles. The summed E-state index contributed by atoms with van der Waals surface area (Å²) < 4.78 is 4.90. The Kier molecular flexibility index (Phi) is 2.79. The number of rotatable bonds is 1. The van der Waals surface area contributed by atoms with Gasteiger partial charge in [0.1, 0.15) is 18.1 Å². The van der Waals surface area contributed by atoms with Gasteiger partial charge in [0.15, 0.2) is 11.6 Å². The van der Waals surface area contributed by atoms with Crippen molar-refractivity contribution in [3.05, 3.63) is 57.1 Å². The van der Waals surface area contributed by atoms with Gasteiger partial charge in [-0.3, -0.25) is 9.59 Å². The van der Waals surface area contributed by atoms with Crippen LogP contribution in [0.25, 0.3) is 0 Å². The molecule has 2 aromatic rings. The lowest BCUT2D eigenvalue weighted by Gasteiger charge is -2.22. The zero-order valence-electron chi connectivity index (χ0n) is 12.1. The van der Waals surface area contributed by atoms with Crippen LogP contribution in [0.1, 0.15) is 53.3 Å². The Morgan fingerprint density at radius 3 is 2.42 bits per heavy atom.